The number of rotatable bonds is 3. The second-order valence-electron chi connectivity index (χ2n) is 5.92. The van der Waals surface area contributed by atoms with Gasteiger partial charge < -0.3 is 14.5 Å². The largest absolute Gasteiger partial charge is 0.469 e. The lowest BCUT2D eigenvalue weighted by molar-refractivity contribution is -0.145. The zero-order chi connectivity index (χ0) is 13.1. The molecule has 2 aliphatic heterocycles. The van der Waals surface area contributed by atoms with Crippen molar-refractivity contribution in [3.63, 3.8) is 0 Å². The van der Waals surface area contributed by atoms with E-state index in [0.717, 1.165) is 31.6 Å². The molecule has 0 saturated carbocycles. The number of hydrogen-bond acceptors (Lipinski definition) is 4. The summed E-state index contributed by atoms with van der Waals surface area (Å²) in [7, 11) is 3.73. The summed E-state index contributed by atoms with van der Waals surface area (Å²) in [5, 5.41) is 0. The Morgan fingerprint density at radius 2 is 2.17 bits per heavy atom. The molecule has 2 heterocycles. The third kappa shape index (κ3) is 3.04. The minimum atomic E-state index is -0.0853. The molecular weight excluding hydrogens is 228 g/mol. The highest BCUT2D eigenvalue weighted by molar-refractivity contribution is 5.72. The molecule has 0 aromatic carbocycles. The van der Waals surface area contributed by atoms with E-state index in [1.807, 2.05) is 6.92 Å². The molecule has 2 rings (SSSR count). The van der Waals surface area contributed by atoms with E-state index in [-0.39, 0.29) is 11.9 Å². The van der Waals surface area contributed by atoms with Crippen LogP contribution in [0.25, 0.3) is 0 Å². The van der Waals surface area contributed by atoms with Gasteiger partial charge in [-0.3, -0.25) is 4.79 Å². The average Bonchev–Trinajstić information content (AvgIpc) is 2.38. The quantitative estimate of drug-likeness (QED) is 0.709. The number of carbonyl (C=O) groups excluding carboxylic acids is 1. The summed E-state index contributed by atoms with van der Waals surface area (Å²) < 4.78 is 4.80. The van der Waals surface area contributed by atoms with Crippen molar-refractivity contribution in [1.82, 2.24) is 9.80 Å². The molecule has 2 aliphatic rings. The molecule has 0 bridgehead atoms. The van der Waals surface area contributed by atoms with Crippen LogP contribution < -0.4 is 0 Å². The van der Waals surface area contributed by atoms with Crippen molar-refractivity contribution < 1.29 is 9.53 Å². The molecule has 4 nitrogen and oxygen atoms in total. The van der Waals surface area contributed by atoms with Gasteiger partial charge in [-0.2, -0.15) is 0 Å². The van der Waals surface area contributed by atoms with Crippen molar-refractivity contribution in [1.29, 1.82) is 0 Å². The molecule has 0 N–H and O–H groups in total. The van der Waals surface area contributed by atoms with Crippen molar-refractivity contribution >= 4 is 5.97 Å². The number of hydrogen-bond donors (Lipinski definition) is 0. The number of piperidine rings is 2. The van der Waals surface area contributed by atoms with E-state index in [1.165, 1.54) is 32.9 Å². The number of carbonyl (C=O) groups is 1. The van der Waals surface area contributed by atoms with Crippen LogP contribution in [0.3, 0.4) is 0 Å². The van der Waals surface area contributed by atoms with Gasteiger partial charge in [-0.15, -0.1) is 0 Å². The molecule has 18 heavy (non-hydrogen) atoms. The Balaban J connectivity index is 1.85. The molecule has 0 radical (unpaired) electrons. The van der Waals surface area contributed by atoms with Crippen LogP contribution >= 0.6 is 0 Å². The third-order valence-corrected chi connectivity index (χ3v) is 4.57. The lowest BCUT2D eigenvalue weighted by Gasteiger charge is -2.46. The van der Waals surface area contributed by atoms with E-state index in [0.29, 0.717) is 0 Å². The summed E-state index contributed by atoms with van der Waals surface area (Å²) in [6.45, 7) is 6.33. The number of esters is 1. The van der Waals surface area contributed by atoms with Gasteiger partial charge in [-0.05, 0) is 45.3 Å². The maximum atomic E-state index is 11.5. The van der Waals surface area contributed by atoms with Crippen LogP contribution in [-0.2, 0) is 9.53 Å². The zero-order valence-corrected chi connectivity index (χ0v) is 11.9. The minimum absolute atomic E-state index is 0.00660. The maximum Gasteiger partial charge on any atom is 0.309 e. The topological polar surface area (TPSA) is 32.8 Å². The molecule has 0 aromatic heterocycles. The van der Waals surface area contributed by atoms with Crippen LogP contribution in [0.15, 0.2) is 0 Å². The van der Waals surface area contributed by atoms with Gasteiger partial charge >= 0.3 is 5.97 Å². The summed E-state index contributed by atoms with van der Waals surface area (Å²) in [4.78, 5) is 16.4. The van der Waals surface area contributed by atoms with Crippen LogP contribution in [0.2, 0.25) is 0 Å². The fourth-order valence-corrected chi connectivity index (χ4v) is 3.56. The van der Waals surface area contributed by atoms with Gasteiger partial charge in [-0.25, -0.2) is 0 Å². The van der Waals surface area contributed by atoms with Crippen molar-refractivity contribution in [2.45, 2.75) is 32.2 Å². The van der Waals surface area contributed by atoms with Crippen LogP contribution in [0.4, 0.5) is 0 Å². The van der Waals surface area contributed by atoms with Crippen molar-refractivity contribution in [2.75, 3.05) is 40.3 Å². The molecule has 0 spiro atoms. The first-order chi connectivity index (χ1) is 8.61. The Hall–Kier alpha value is -0.610. The van der Waals surface area contributed by atoms with E-state index < -0.39 is 0 Å². The van der Waals surface area contributed by atoms with Crippen LogP contribution in [-0.4, -0.2) is 62.1 Å². The summed E-state index contributed by atoms with van der Waals surface area (Å²) in [6.07, 6.45) is 3.91. The SMILES string of the molecule is COC(=O)C(C)CN1CCC2C(CCCN2C)C1. The van der Waals surface area contributed by atoms with Crippen LogP contribution in [0.5, 0.6) is 0 Å². The highest BCUT2D eigenvalue weighted by atomic mass is 16.5. The molecule has 2 saturated heterocycles. The van der Waals surface area contributed by atoms with E-state index in [4.69, 9.17) is 4.74 Å². The Kier molecular flexibility index (Phi) is 4.62. The number of nitrogens with zero attached hydrogens (tertiary/aromatic N) is 2. The third-order valence-electron chi connectivity index (χ3n) is 4.57. The fraction of sp³-hybridized carbons (Fsp3) is 0.929. The summed E-state index contributed by atoms with van der Waals surface area (Å²) >= 11 is 0. The maximum absolute atomic E-state index is 11.5. The van der Waals surface area contributed by atoms with Gasteiger partial charge in [0.1, 0.15) is 0 Å². The smallest absolute Gasteiger partial charge is 0.309 e. The van der Waals surface area contributed by atoms with E-state index >= 15 is 0 Å². The summed E-state index contributed by atoms with van der Waals surface area (Å²) in [5.74, 6) is 0.702. The lowest BCUT2D eigenvalue weighted by atomic mass is 9.84. The molecule has 104 valence electrons. The van der Waals surface area contributed by atoms with E-state index in [1.54, 1.807) is 0 Å². The number of likely N-dealkylation sites (tertiary alicyclic amines) is 2. The molecule has 2 fully saturated rings. The number of ether oxygens (including phenoxy) is 1. The van der Waals surface area contributed by atoms with Gasteiger partial charge in [0.15, 0.2) is 0 Å². The zero-order valence-electron chi connectivity index (χ0n) is 11.9. The molecule has 4 heteroatoms. The second kappa shape index (κ2) is 6.02. The predicted octanol–water partition coefficient (Wildman–Crippen LogP) is 1.21. The fourth-order valence-electron chi connectivity index (χ4n) is 3.56. The molecular formula is C14H26N2O2. The molecule has 0 aliphatic carbocycles. The van der Waals surface area contributed by atoms with E-state index in [9.17, 15) is 4.79 Å². The Labute approximate surface area is 110 Å². The second-order valence-corrected chi connectivity index (χ2v) is 5.92. The van der Waals surface area contributed by atoms with E-state index in [2.05, 4.69) is 16.8 Å². The summed E-state index contributed by atoms with van der Waals surface area (Å²) in [6, 6.07) is 0.767. The Morgan fingerprint density at radius 3 is 2.89 bits per heavy atom. The van der Waals surface area contributed by atoms with Gasteiger partial charge in [0.05, 0.1) is 13.0 Å². The first-order valence-corrected chi connectivity index (χ1v) is 7.12. The monoisotopic (exact) mass is 254 g/mol. The van der Waals surface area contributed by atoms with Gasteiger partial charge in [0.25, 0.3) is 0 Å². The minimum Gasteiger partial charge on any atom is -0.469 e. The van der Waals surface area contributed by atoms with Crippen molar-refractivity contribution in [2.24, 2.45) is 11.8 Å². The van der Waals surface area contributed by atoms with Gasteiger partial charge in [-0.1, -0.05) is 6.92 Å². The molecule has 3 atom stereocenters. The Morgan fingerprint density at radius 1 is 1.39 bits per heavy atom. The predicted molar refractivity (Wildman–Crippen MR) is 71.4 cm³/mol. The highest BCUT2D eigenvalue weighted by Crippen LogP contribution is 2.29. The molecule has 3 unspecified atom stereocenters. The van der Waals surface area contributed by atoms with Crippen molar-refractivity contribution in [3.05, 3.63) is 0 Å². The highest BCUT2D eigenvalue weighted by Gasteiger charge is 2.34. The first-order valence-electron chi connectivity index (χ1n) is 7.12. The van der Waals surface area contributed by atoms with Gasteiger partial charge in [0, 0.05) is 19.1 Å². The number of fused-ring (bicyclic) bond motifs is 1. The first kappa shape index (κ1) is 13.8. The number of methoxy groups -OCH3 is 1. The normalized spacial score (nSPS) is 31.7. The lowest BCUT2D eigenvalue weighted by Crippen LogP contribution is -2.53. The Bertz CT molecular complexity index is 296. The van der Waals surface area contributed by atoms with Crippen LogP contribution in [0, 0.1) is 11.8 Å². The average molecular weight is 254 g/mol. The van der Waals surface area contributed by atoms with Crippen LogP contribution in [0.1, 0.15) is 26.2 Å². The standard InChI is InChI=1S/C14H26N2O2/c1-11(14(17)18-3)9-16-8-6-13-12(10-16)5-4-7-15(13)2/h11-13H,4-10H2,1-3H3. The van der Waals surface area contributed by atoms with Crippen molar-refractivity contribution in [3.8, 4) is 0 Å². The summed E-state index contributed by atoms with van der Waals surface area (Å²) in [5.41, 5.74) is 0. The van der Waals surface area contributed by atoms with Gasteiger partial charge in [0.2, 0.25) is 0 Å². The molecule has 0 amide bonds. The molecule has 0 aromatic rings.